The van der Waals surface area contributed by atoms with Crippen molar-refractivity contribution in [2.24, 2.45) is 0 Å². The van der Waals surface area contributed by atoms with Crippen molar-refractivity contribution < 1.29 is 14.4 Å². The first-order valence-electron chi connectivity index (χ1n) is 10.8. The topological polar surface area (TPSA) is 83.4 Å². The van der Waals surface area contributed by atoms with Gasteiger partial charge in [-0.1, -0.05) is 6.07 Å². The van der Waals surface area contributed by atoms with Gasteiger partial charge in [0.05, 0.1) is 6.54 Å². The fraction of sp³-hybridized carbons (Fsp3) is 0.320. The van der Waals surface area contributed by atoms with Crippen LogP contribution in [0.5, 0.6) is 0 Å². The van der Waals surface area contributed by atoms with Crippen LogP contribution < -0.4 is 10.6 Å². The lowest BCUT2D eigenvalue weighted by Crippen LogP contribution is -2.33. The number of benzene rings is 2. The minimum absolute atomic E-state index is 0.0735. The second-order valence-corrected chi connectivity index (χ2v) is 7.81. The molecular formula is C25H30N4O3. The molecule has 3 aromatic rings. The maximum absolute atomic E-state index is 12.4. The molecule has 7 heteroatoms. The molecule has 2 aromatic carbocycles. The molecule has 0 aliphatic heterocycles. The molecule has 0 saturated heterocycles. The highest BCUT2D eigenvalue weighted by Gasteiger charge is 2.13. The van der Waals surface area contributed by atoms with Crippen molar-refractivity contribution in [1.82, 2.24) is 14.8 Å². The monoisotopic (exact) mass is 434 g/mol. The second-order valence-electron chi connectivity index (χ2n) is 7.81. The SMILES string of the molecule is CCN(CC)C(=O)Cn1ccc2cc(NC(=O)CNC(=O)c3ccc(C)c(C)c3)ccc21. The summed E-state index contributed by atoms with van der Waals surface area (Å²) in [6.45, 7) is 9.39. The van der Waals surface area contributed by atoms with Crippen molar-refractivity contribution in [2.75, 3.05) is 25.0 Å². The molecule has 32 heavy (non-hydrogen) atoms. The molecular weight excluding hydrogens is 404 g/mol. The van der Waals surface area contributed by atoms with Gasteiger partial charge in [0.25, 0.3) is 5.91 Å². The van der Waals surface area contributed by atoms with Crippen LogP contribution in [0.3, 0.4) is 0 Å². The molecule has 0 fully saturated rings. The summed E-state index contributed by atoms with van der Waals surface area (Å²) >= 11 is 0. The maximum Gasteiger partial charge on any atom is 0.251 e. The normalized spacial score (nSPS) is 10.8. The van der Waals surface area contributed by atoms with Crippen LogP contribution in [0.4, 0.5) is 5.69 Å². The Morgan fingerprint density at radius 2 is 1.69 bits per heavy atom. The van der Waals surface area contributed by atoms with E-state index in [1.165, 1.54) is 0 Å². The molecule has 0 bridgehead atoms. The zero-order chi connectivity index (χ0) is 23.3. The minimum atomic E-state index is -0.308. The summed E-state index contributed by atoms with van der Waals surface area (Å²) in [5.74, 6) is -0.518. The van der Waals surface area contributed by atoms with E-state index >= 15 is 0 Å². The van der Waals surface area contributed by atoms with Gasteiger partial charge >= 0.3 is 0 Å². The average Bonchev–Trinajstić information content (AvgIpc) is 3.16. The van der Waals surface area contributed by atoms with E-state index in [-0.39, 0.29) is 30.8 Å². The van der Waals surface area contributed by atoms with Crippen molar-refractivity contribution >= 4 is 34.3 Å². The van der Waals surface area contributed by atoms with Gasteiger partial charge in [-0.2, -0.15) is 0 Å². The zero-order valence-corrected chi connectivity index (χ0v) is 19.1. The van der Waals surface area contributed by atoms with E-state index in [2.05, 4.69) is 10.6 Å². The standard InChI is InChI=1S/C25H30N4O3/c1-5-28(6-2)24(31)16-29-12-11-19-14-21(9-10-22(19)29)27-23(30)15-26-25(32)20-8-7-17(3)18(4)13-20/h7-14H,5-6,15-16H2,1-4H3,(H,26,32)(H,27,30). The number of likely N-dealkylation sites (N-methyl/N-ethyl adjacent to an activating group) is 1. The number of carbonyl (C=O) groups is 3. The van der Waals surface area contributed by atoms with Gasteiger partial charge in [0, 0.05) is 41.4 Å². The van der Waals surface area contributed by atoms with E-state index in [1.54, 1.807) is 17.0 Å². The zero-order valence-electron chi connectivity index (χ0n) is 19.1. The summed E-state index contributed by atoms with van der Waals surface area (Å²) in [6, 6.07) is 12.9. The van der Waals surface area contributed by atoms with E-state index in [0.717, 1.165) is 22.0 Å². The Bertz CT molecular complexity index is 1150. The number of hydrogen-bond acceptors (Lipinski definition) is 3. The van der Waals surface area contributed by atoms with Crippen LogP contribution in [0, 0.1) is 13.8 Å². The minimum Gasteiger partial charge on any atom is -0.343 e. The largest absolute Gasteiger partial charge is 0.343 e. The van der Waals surface area contributed by atoms with E-state index in [9.17, 15) is 14.4 Å². The van der Waals surface area contributed by atoms with E-state index in [4.69, 9.17) is 0 Å². The lowest BCUT2D eigenvalue weighted by Gasteiger charge is -2.19. The van der Waals surface area contributed by atoms with Gasteiger partial charge in [-0.15, -0.1) is 0 Å². The van der Waals surface area contributed by atoms with Crippen molar-refractivity contribution in [1.29, 1.82) is 0 Å². The molecule has 0 spiro atoms. The summed E-state index contributed by atoms with van der Waals surface area (Å²) in [5.41, 5.74) is 4.23. The third-order valence-corrected chi connectivity index (χ3v) is 5.66. The fourth-order valence-electron chi connectivity index (χ4n) is 3.59. The number of aromatic nitrogens is 1. The first-order chi connectivity index (χ1) is 15.3. The molecule has 7 nitrogen and oxygen atoms in total. The molecule has 2 N–H and O–H groups in total. The van der Waals surface area contributed by atoms with Crippen molar-refractivity contribution in [2.45, 2.75) is 34.2 Å². The molecule has 0 aliphatic carbocycles. The smallest absolute Gasteiger partial charge is 0.251 e. The number of fused-ring (bicyclic) bond motifs is 1. The summed E-state index contributed by atoms with van der Waals surface area (Å²) < 4.78 is 1.91. The summed E-state index contributed by atoms with van der Waals surface area (Å²) in [5, 5.41) is 6.39. The molecule has 1 aromatic heterocycles. The molecule has 0 radical (unpaired) electrons. The average molecular weight is 435 g/mol. The summed E-state index contributed by atoms with van der Waals surface area (Å²) in [6.07, 6.45) is 1.88. The lowest BCUT2D eigenvalue weighted by molar-refractivity contribution is -0.131. The first-order valence-corrected chi connectivity index (χ1v) is 10.8. The van der Waals surface area contributed by atoms with Gasteiger partial charge in [-0.25, -0.2) is 0 Å². The highest BCUT2D eigenvalue weighted by molar-refractivity contribution is 6.00. The van der Waals surface area contributed by atoms with Crippen molar-refractivity contribution in [3.8, 4) is 0 Å². The lowest BCUT2D eigenvalue weighted by atomic mass is 10.1. The Morgan fingerprint density at radius 3 is 2.38 bits per heavy atom. The Balaban J connectivity index is 1.60. The van der Waals surface area contributed by atoms with Crippen LogP contribution in [-0.4, -0.2) is 46.8 Å². The van der Waals surface area contributed by atoms with Gasteiger partial charge in [0.2, 0.25) is 11.8 Å². The molecule has 168 valence electrons. The Labute approximate surface area is 188 Å². The maximum atomic E-state index is 12.4. The van der Waals surface area contributed by atoms with Crippen LogP contribution in [0.25, 0.3) is 10.9 Å². The predicted octanol–water partition coefficient (Wildman–Crippen LogP) is 3.50. The molecule has 0 unspecified atom stereocenters. The molecule has 1 heterocycles. The van der Waals surface area contributed by atoms with Crippen LogP contribution in [0.1, 0.15) is 35.3 Å². The van der Waals surface area contributed by atoms with Gasteiger partial charge in [0.15, 0.2) is 0 Å². The molecule has 3 amide bonds. The quantitative estimate of drug-likeness (QED) is 0.569. The third kappa shape index (κ3) is 5.35. The van der Waals surface area contributed by atoms with Gasteiger partial charge in [-0.3, -0.25) is 14.4 Å². The van der Waals surface area contributed by atoms with E-state index < -0.39 is 0 Å². The summed E-state index contributed by atoms with van der Waals surface area (Å²) in [7, 11) is 0. The third-order valence-electron chi connectivity index (χ3n) is 5.66. The van der Waals surface area contributed by atoms with Gasteiger partial charge < -0.3 is 20.1 Å². The number of nitrogens with zero attached hydrogens (tertiary/aromatic N) is 2. The van der Waals surface area contributed by atoms with Gasteiger partial charge in [0.1, 0.15) is 6.54 Å². The van der Waals surface area contributed by atoms with Crippen LogP contribution in [-0.2, 0) is 16.1 Å². The Hall–Kier alpha value is -3.61. The second kappa shape index (κ2) is 10.1. The highest BCUT2D eigenvalue weighted by atomic mass is 16.2. The molecule has 3 rings (SSSR count). The van der Waals surface area contributed by atoms with Crippen LogP contribution >= 0.6 is 0 Å². The predicted molar refractivity (Wildman–Crippen MR) is 127 cm³/mol. The number of anilines is 1. The number of aryl methyl sites for hydroxylation is 2. The number of carbonyl (C=O) groups excluding carboxylic acids is 3. The summed E-state index contributed by atoms with van der Waals surface area (Å²) in [4.78, 5) is 38.8. The van der Waals surface area contributed by atoms with Crippen LogP contribution in [0.2, 0.25) is 0 Å². The fourth-order valence-corrected chi connectivity index (χ4v) is 3.59. The van der Waals surface area contributed by atoms with E-state index in [0.29, 0.717) is 24.3 Å². The number of hydrogen-bond donors (Lipinski definition) is 2. The molecule has 0 saturated carbocycles. The first kappa shape index (κ1) is 23.1. The van der Waals surface area contributed by atoms with Crippen molar-refractivity contribution in [3.05, 3.63) is 65.4 Å². The highest BCUT2D eigenvalue weighted by Crippen LogP contribution is 2.21. The Morgan fingerprint density at radius 1 is 0.938 bits per heavy atom. The van der Waals surface area contributed by atoms with Crippen LogP contribution in [0.15, 0.2) is 48.7 Å². The Kier molecular flexibility index (Phi) is 7.30. The van der Waals surface area contributed by atoms with Gasteiger partial charge in [-0.05, 0) is 75.2 Å². The van der Waals surface area contributed by atoms with Crippen molar-refractivity contribution in [3.63, 3.8) is 0 Å². The van der Waals surface area contributed by atoms with E-state index in [1.807, 2.05) is 68.8 Å². The number of rotatable bonds is 8. The molecule has 0 aliphatic rings. The molecule has 0 atom stereocenters. The number of amides is 3. The number of nitrogens with one attached hydrogen (secondary N) is 2.